The Labute approximate surface area is 174 Å². The number of carbonyl (C=O) groups is 1. The minimum atomic E-state index is -0.569. The number of ether oxygens (including phenoxy) is 2. The van der Waals surface area contributed by atoms with E-state index < -0.39 is 5.97 Å². The van der Waals surface area contributed by atoms with Gasteiger partial charge in [0.15, 0.2) is 11.5 Å². The smallest absolute Gasteiger partial charge is 0.358 e. The van der Waals surface area contributed by atoms with Gasteiger partial charge in [-0.1, -0.05) is 29.8 Å². The molecule has 0 saturated heterocycles. The van der Waals surface area contributed by atoms with Crippen LogP contribution in [-0.4, -0.2) is 30.1 Å². The zero-order valence-corrected chi connectivity index (χ0v) is 16.9. The fourth-order valence-corrected chi connectivity index (χ4v) is 3.20. The number of nitrogens with zero attached hydrogens (tertiary/aromatic N) is 3. The van der Waals surface area contributed by atoms with E-state index in [2.05, 4.69) is 9.97 Å². The highest BCUT2D eigenvalue weighted by Crippen LogP contribution is 2.41. The highest BCUT2D eigenvalue weighted by atomic mass is 35.5. The zero-order valence-electron chi connectivity index (χ0n) is 16.1. The first-order chi connectivity index (χ1) is 14.1. The third kappa shape index (κ3) is 4.17. The van der Waals surface area contributed by atoms with Gasteiger partial charge in [-0.2, -0.15) is 0 Å². The molecule has 7 heteroatoms. The van der Waals surface area contributed by atoms with Crippen molar-refractivity contribution in [3.63, 3.8) is 0 Å². The fourth-order valence-electron chi connectivity index (χ4n) is 2.92. The molecule has 1 aromatic heterocycles. The predicted octanol–water partition coefficient (Wildman–Crippen LogP) is 5.35. The summed E-state index contributed by atoms with van der Waals surface area (Å²) < 4.78 is 10.7. The molecule has 0 aliphatic heterocycles. The Bertz CT molecular complexity index is 1020. The van der Waals surface area contributed by atoms with Gasteiger partial charge in [-0.15, -0.1) is 0 Å². The quantitative estimate of drug-likeness (QED) is 0.511. The molecule has 2 aromatic carbocycles. The summed E-state index contributed by atoms with van der Waals surface area (Å²) in [6.45, 7) is 0. The Kier molecular flexibility index (Phi) is 5.36. The Hall–Kier alpha value is -3.12. The van der Waals surface area contributed by atoms with Crippen molar-refractivity contribution in [3.05, 3.63) is 71.1 Å². The maximum atomic E-state index is 12.1. The average Bonchev–Trinajstić information content (AvgIpc) is 3.60. The molecule has 1 fully saturated rings. The van der Waals surface area contributed by atoms with Crippen LogP contribution in [0.3, 0.4) is 0 Å². The third-order valence-electron chi connectivity index (χ3n) is 4.69. The van der Waals surface area contributed by atoms with Gasteiger partial charge in [0.1, 0.15) is 22.3 Å². The lowest BCUT2D eigenvalue weighted by molar-refractivity contribution is 0.0593. The number of rotatable bonds is 6. The van der Waals surface area contributed by atoms with Crippen LogP contribution in [0.15, 0.2) is 54.6 Å². The second kappa shape index (κ2) is 8.09. The number of hydrogen-bond acceptors (Lipinski definition) is 6. The molecule has 1 aliphatic carbocycles. The molecule has 29 heavy (non-hydrogen) atoms. The fraction of sp³-hybridized carbons (Fsp3) is 0.227. The number of methoxy groups -OCH3 is 1. The minimum Gasteiger partial charge on any atom is -0.464 e. The maximum absolute atomic E-state index is 12.1. The number of carbonyl (C=O) groups excluding carboxylic acids is 1. The first-order valence-corrected chi connectivity index (χ1v) is 9.67. The van der Waals surface area contributed by atoms with Crippen molar-refractivity contribution in [2.75, 3.05) is 19.1 Å². The average molecular weight is 410 g/mol. The van der Waals surface area contributed by atoms with Gasteiger partial charge in [0, 0.05) is 18.7 Å². The SMILES string of the molecule is COC(=O)c1nc(C2CC2)nc(N(C)c2ccc(Oc3ccccc3)cc2)c1Cl. The summed E-state index contributed by atoms with van der Waals surface area (Å²) in [5.74, 6) is 2.28. The predicted molar refractivity (Wildman–Crippen MR) is 111 cm³/mol. The van der Waals surface area contributed by atoms with Gasteiger partial charge in [0.25, 0.3) is 0 Å². The summed E-state index contributed by atoms with van der Waals surface area (Å²) in [6, 6.07) is 17.1. The molecule has 0 atom stereocenters. The third-order valence-corrected chi connectivity index (χ3v) is 5.04. The normalized spacial score (nSPS) is 13.1. The number of halogens is 1. The van der Waals surface area contributed by atoms with E-state index in [1.807, 2.05) is 66.5 Å². The summed E-state index contributed by atoms with van der Waals surface area (Å²) >= 11 is 6.47. The summed E-state index contributed by atoms with van der Waals surface area (Å²) in [5, 5.41) is 0.174. The lowest BCUT2D eigenvalue weighted by Gasteiger charge is -2.21. The van der Waals surface area contributed by atoms with Gasteiger partial charge < -0.3 is 14.4 Å². The van der Waals surface area contributed by atoms with Gasteiger partial charge in [-0.25, -0.2) is 14.8 Å². The molecule has 0 spiro atoms. The van der Waals surface area contributed by atoms with Gasteiger partial charge >= 0.3 is 5.97 Å². The van der Waals surface area contributed by atoms with Crippen LogP contribution in [0.2, 0.25) is 5.02 Å². The van der Waals surface area contributed by atoms with E-state index in [0.29, 0.717) is 11.6 Å². The van der Waals surface area contributed by atoms with E-state index in [-0.39, 0.29) is 16.6 Å². The molecule has 0 bridgehead atoms. The van der Waals surface area contributed by atoms with Crippen LogP contribution < -0.4 is 9.64 Å². The van der Waals surface area contributed by atoms with E-state index in [1.165, 1.54) is 7.11 Å². The number of hydrogen-bond donors (Lipinski definition) is 0. The van der Waals surface area contributed by atoms with Crippen LogP contribution >= 0.6 is 11.6 Å². The highest BCUT2D eigenvalue weighted by molar-refractivity contribution is 6.35. The van der Waals surface area contributed by atoms with E-state index >= 15 is 0 Å². The van der Waals surface area contributed by atoms with Crippen molar-refractivity contribution in [1.82, 2.24) is 9.97 Å². The van der Waals surface area contributed by atoms with Crippen LogP contribution in [0.4, 0.5) is 11.5 Å². The number of benzene rings is 2. The Morgan fingerprint density at radius 2 is 1.69 bits per heavy atom. The van der Waals surface area contributed by atoms with Crippen molar-refractivity contribution in [1.29, 1.82) is 0 Å². The highest BCUT2D eigenvalue weighted by Gasteiger charge is 2.31. The van der Waals surface area contributed by atoms with Crippen LogP contribution in [0.25, 0.3) is 0 Å². The van der Waals surface area contributed by atoms with Crippen LogP contribution in [0.5, 0.6) is 11.5 Å². The van der Waals surface area contributed by atoms with Crippen molar-refractivity contribution >= 4 is 29.1 Å². The minimum absolute atomic E-state index is 0.0944. The van der Waals surface area contributed by atoms with Crippen LogP contribution in [0, 0.1) is 0 Å². The Balaban J connectivity index is 1.62. The maximum Gasteiger partial charge on any atom is 0.358 e. The van der Waals surface area contributed by atoms with Crippen molar-refractivity contribution in [2.24, 2.45) is 0 Å². The van der Waals surface area contributed by atoms with E-state index in [0.717, 1.165) is 30.0 Å². The van der Waals surface area contributed by atoms with Crippen molar-refractivity contribution in [3.8, 4) is 11.5 Å². The van der Waals surface area contributed by atoms with Gasteiger partial charge in [-0.3, -0.25) is 0 Å². The topological polar surface area (TPSA) is 64.5 Å². The molecule has 0 amide bonds. The molecule has 1 aliphatic rings. The Morgan fingerprint density at radius 1 is 1.03 bits per heavy atom. The summed E-state index contributed by atoms with van der Waals surface area (Å²) in [7, 11) is 3.16. The van der Waals surface area contributed by atoms with E-state index in [1.54, 1.807) is 0 Å². The molecule has 4 rings (SSSR count). The number of esters is 1. The lowest BCUT2D eigenvalue weighted by atomic mass is 10.2. The van der Waals surface area contributed by atoms with Gasteiger partial charge in [-0.05, 0) is 49.2 Å². The largest absolute Gasteiger partial charge is 0.464 e. The number of para-hydroxylation sites is 1. The second-order valence-corrected chi connectivity index (χ2v) is 7.18. The van der Waals surface area contributed by atoms with Crippen molar-refractivity contribution < 1.29 is 14.3 Å². The summed E-state index contributed by atoms with van der Waals surface area (Å²) in [4.78, 5) is 22.9. The number of aromatic nitrogens is 2. The summed E-state index contributed by atoms with van der Waals surface area (Å²) in [6.07, 6.45) is 2.02. The first kappa shape index (κ1) is 19.2. The molecule has 6 nitrogen and oxygen atoms in total. The zero-order chi connectivity index (χ0) is 20.4. The molecule has 1 saturated carbocycles. The second-order valence-electron chi connectivity index (χ2n) is 6.80. The lowest BCUT2D eigenvalue weighted by Crippen LogP contribution is -2.17. The molecule has 148 valence electrons. The molecule has 0 unspecified atom stereocenters. The van der Waals surface area contributed by atoms with Gasteiger partial charge in [0.05, 0.1) is 7.11 Å². The molecule has 1 heterocycles. The molecular formula is C22H20ClN3O3. The van der Waals surface area contributed by atoms with Crippen molar-refractivity contribution in [2.45, 2.75) is 18.8 Å². The van der Waals surface area contributed by atoms with Crippen LogP contribution in [-0.2, 0) is 4.74 Å². The monoisotopic (exact) mass is 409 g/mol. The first-order valence-electron chi connectivity index (χ1n) is 9.29. The molecule has 0 radical (unpaired) electrons. The van der Waals surface area contributed by atoms with E-state index in [9.17, 15) is 4.79 Å². The Morgan fingerprint density at radius 3 is 2.31 bits per heavy atom. The van der Waals surface area contributed by atoms with Gasteiger partial charge in [0.2, 0.25) is 0 Å². The standard InChI is InChI=1S/C22H20ClN3O3/c1-26(15-10-12-17(13-11-15)29-16-6-4-3-5-7-16)21-18(23)19(22(27)28-2)24-20(25-21)14-8-9-14/h3-7,10-14H,8-9H2,1-2H3. The molecule has 3 aromatic rings. The molecular weight excluding hydrogens is 390 g/mol. The molecule has 0 N–H and O–H groups in total. The summed E-state index contributed by atoms with van der Waals surface area (Å²) in [5.41, 5.74) is 0.945. The van der Waals surface area contributed by atoms with E-state index in [4.69, 9.17) is 21.1 Å². The van der Waals surface area contributed by atoms with Crippen LogP contribution in [0.1, 0.15) is 35.1 Å². The number of anilines is 2.